The highest BCUT2D eigenvalue weighted by Crippen LogP contribution is 2.14. The largest absolute Gasteiger partial charge is 0.497 e. The van der Waals surface area contributed by atoms with E-state index in [9.17, 15) is 8.42 Å². The molecule has 0 saturated carbocycles. The molecule has 0 saturated heterocycles. The Kier molecular flexibility index (Phi) is 7.35. The highest BCUT2D eigenvalue weighted by molar-refractivity contribution is 7.88. The van der Waals surface area contributed by atoms with Gasteiger partial charge in [-0.15, -0.1) is 12.4 Å². The number of sulfonamides is 1. The molecule has 0 atom stereocenters. The molecule has 0 amide bonds. The molecule has 2 rings (SSSR count). The average molecular weight is 357 g/mol. The minimum atomic E-state index is -3.37. The van der Waals surface area contributed by atoms with Crippen LogP contribution in [-0.4, -0.2) is 22.1 Å². The Balaban J connectivity index is 0.00000264. The van der Waals surface area contributed by atoms with Gasteiger partial charge in [-0.2, -0.15) is 0 Å². The van der Waals surface area contributed by atoms with Gasteiger partial charge in [0, 0.05) is 12.2 Å². The van der Waals surface area contributed by atoms with Crippen LogP contribution in [0.4, 0.5) is 5.69 Å². The van der Waals surface area contributed by atoms with Gasteiger partial charge < -0.3 is 10.5 Å². The second kappa shape index (κ2) is 8.76. The summed E-state index contributed by atoms with van der Waals surface area (Å²) in [5.41, 5.74) is 8.04. The summed E-state index contributed by atoms with van der Waals surface area (Å²) in [5, 5.41) is 0. The molecule has 0 bridgehead atoms. The number of nitrogens with two attached hydrogens (primary N) is 1. The minimum absolute atomic E-state index is 0. The molecule has 0 spiro atoms. The van der Waals surface area contributed by atoms with E-state index in [2.05, 4.69) is 4.72 Å². The fourth-order valence-electron chi connectivity index (χ4n) is 2.07. The van der Waals surface area contributed by atoms with Gasteiger partial charge in [0.2, 0.25) is 10.0 Å². The number of rotatable bonds is 7. The molecule has 0 unspecified atom stereocenters. The third-order valence-corrected chi connectivity index (χ3v) is 4.56. The molecule has 5 nitrogen and oxygen atoms in total. The van der Waals surface area contributed by atoms with Gasteiger partial charge in [0.1, 0.15) is 5.75 Å². The van der Waals surface area contributed by atoms with Gasteiger partial charge in [0.15, 0.2) is 0 Å². The Morgan fingerprint density at radius 1 is 1.09 bits per heavy atom. The first-order valence-electron chi connectivity index (χ1n) is 6.93. The first-order valence-corrected chi connectivity index (χ1v) is 8.58. The van der Waals surface area contributed by atoms with Crippen LogP contribution in [0.25, 0.3) is 0 Å². The third kappa shape index (κ3) is 6.48. The van der Waals surface area contributed by atoms with Crippen LogP contribution in [0.15, 0.2) is 48.5 Å². The normalized spacial score (nSPS) is 10.8. The summed E-state index contributed by atoms with van der Waals surface area (Å²) in [7, 11) is -1.81. The summed E-state index contributed by atoms with van der Waals surface area (Å²) < 4.78 is 31.8. The van der Waals surface area contributed by atoms with Crippen LogP contribution in [0, 0.1) is 0 Å². The first kappa shape index (κ1) is 19.3. The topological polar surface area (TPSA) is 81.4 Å². The molecule has 0 aliphatic heterocycles. The number of hydrogen-bond donors (Lipinski definition) is 2. The zero-order valence-corrected chi connectivity index (χ0v) is 14.5. The molecule has 7 heteroatoms. The Labute approximate surface area is 143 Å². The van der Waals surface area contributed by atoms with Crippen LogP contribution in [-0.2, 0) is 22.2 Å². The van der Waals surface area contributed by atoms with Crippen molar-refractivity contribution in [1.29, 1.82) is 0 Å². The molecule has 0 aromatic heterocycles. The van der Waals surface area contributed by atoms with Crippen molar-refractivity contribution in [2.45, 2.75) is 12.2 Å². The summed E-state index contributed by atoms with van der Waals surface area (Å²) in [6.07, 6.45) is 0.623. The maximum absolute atomic E-state index is 12.1. The number of methoxy groups -OCH3 is 1. The lowest BCUT2D eigenvalue weighted by atomic mass is 10.1. The summed E-state index contributed by atoms with van der Waals surface area (Å²) in [4.78, 5) is 0. The third-order valence-electron chi connectivity index (χ3n) is 3.21. The van der Waals surface area contributed by atoms with Crippen LogP contribution in [0.3, 0.4) is 0 Å². The highest BCUT2D eigenvalue weighted by atomic mass is 35.5. The molecule has 0 fully saturated rings. The van der Waals surface area contributed by atoms with Crippen LogP contribution < -0.4 is 15.2 Å². The SMILES string of the molecule is COc1cccc(CS(=O)(=O)NCCc2ccc(N)cc2)c1.Cl. The molecule has 0 heterocycles. The summed E-state index contributed by atoms with van der Waals surface area (Å²) in [6.45, 7) is 0.357. The van der Waals surface area contributed by atoms with E-state index in [0.717, 1.165) is 5.56 Å². The number of nitrogens with one attached hydrogen (secondary N) is 1. The second-order valence-corrected chi connectivity index (χ2v) is 6.80. The molecule has 0 radical (unpaired) electrons. The molecule has 0 aliphatic rings. The van der Waals surface area contributed by atoms with Crippen molar-refractivity contribution >= 4 is 28.1 Å². The number of halogens is 1. The molecular formula is C16H21ClN2O3S. The molecule has 0 aliphatic carbocycles. The van der Waals surface area contributed by atoms with Crippen LogP contribution in [0.5, 0.6) is 5.75 Å². The van der Waals surface area contributed by atoms with Crippen molar-refractivity contribution in [2.75, 3.05) is 19.4 Å². The van der Waals surface area contributed by atoms with Crippen molar-refractivity contribution in [1.82, 2.24) is 4.72 Å². The van der Waals surface area contributed by atoms with E-state index in [0.29, 0.717) is 30.0 Å². The summed E-state index contributed by atoms with van der Waals surface area (Å²) >= 11 is 0. The van der Waals surface area contributed by atoms with Crippen molar-refractivity contribution in [3.8, 4) is 5.75 Å². The molecule has 2 aromatic carbocycles. The Hall–Kier alpha value is -1.76. The van der Waals surface area contributed by atoms with Gasteiger partial charge >= 0.3 is 0 Å². The van der Waals surface area contributed by atoms with Gasteiger partial charge in [0.05, 0.1) is 12.9 Å². The fraction of sp³-hybridized carbons (Fsp3) is 0.250. The average Bonchev–Trinajstić information content (AvgIpc) is 2.49. The molecular weight excluding hydrogens is 336 g/mol. The van der Waals surface area contributed by atoms with Gasteiger partial charge in [-0.1, -0.05) is 24.3 Å². The van der Waals surface area contributed by atoms with Crippen molar-refractivity contribution in [2.24, 2.45) is 0 Å². The van der Waals surface area contributed by atoms with Crippen molar-refractivity contribution < 1.29 is 13.2 Å². The second-order valence-electron chi connectivity index (χ2n) is 5.00. The number of benzene rings is 2. The lowest BCUT2D eigenvalue weighted by Crippen LogP contribution is -2.27. The monoisotopic (exact) mass is 356 g/mol. The highest BCUT2D eigenvalue weighted by Gasteiger charge is 2.11. The van der Waals surface area contributed by atoms with E-state index < -0.39 is 10.0 Å². The first-order chi connectivity index (χ1) is 10.5. The van der Waals surface area contributed by atoms with E-state index >= 15 is 0 Å². The number of ether oxygens (including phenoxy) is 1. The molecule has 3 N–H and O–H groups in total. The Morgan fingerprint density at radius 3 is 2.43 bits per heavy atom. The standard InChI is InChI=1S/C16H20N2O3S.ClH/c1-21-16-4-2-3-14(11-16)12-22(19,20)18-10-9-13-5-7-15(17)8-6-13;/h2-8,11,18H,9-10,12,17H2,1H3;1H. The van der Waals surface area contributed by atoms with Gasteiger partial charge in [-0.3, -0.25) is 0 Å². The van der Waals surface area contributed by atoms with Crippen LogP contribution in [0.2, 0.25) is 0 Å². The van der Waals surface area contributed by atoms with Crippen LogP contribution in [0.1, 0.15) is 11.1 Å². The maximum atomic E-state index is 12.1. The Morgan fingerprint density at radius 2 is 1.78 bits per heavy atom. The lowest BCUT2D eigenvalue weighted by Gasteiger charge is -2.08. The quantitative estimate of drug-likeness (QED) is 0.746. The predicted octanol–water partition coefficient (Wildman–Crippen LogP) is 2.36. The minimum Gasteiger partial charge on any atom is -0.497 e. The van der Waals surface area contributed by atoms with Crippen molar-refractivity contribution in [3.63, 3.8) is 0 Å². The molecule has 2 aromatic rings. The van der Waals surface area contributed by atoms with E-state index in [1.807, 2.05) is 12.1 Å². The zero-order chi connectivity index (χ0) is 16.0. The lowest BCUT2D eigenvalue weighted by molar-refractivity contribution is 0.414. The summed E-state index contributed by atoms with van der Waals surface area (Å²) in [6, 6.07) is 14.4. The van der Waals surface area contributed by atoms with Gasteiger partial charge in [0.25, 0.3) is 0 Å². The van der Waals surface area contributed by atoms with E-state index in [-0.39, 0.29) is 18.2 Å². The smallest absolute Gasteiger partial charge is 0.215 e. The fourth-order valence-corrected chi connectivity index (χ4v) is 3.20. The number of anilines is 1. The van der Waals surface area contributed by atoms with E-state index in [1.54, 1.807) is 43.5 Å². The van der Waals surface area contributed by atoms with Crippen molar-refractivity contribution in [3.05, 3.63) is 59.7 Å². The summed E-state index contributed by atoms with van der Waals surface area (Å²) in [5.74, 6) is 0.584. The maximum Gasteiger partial charge on any atom is 0.215 e. The Bertz CT molecular complexity index is 718. The predicted molar refractivity (Wildman–Crippen MR) is 95.4 cm³/mol. The van der Waals surface area contributed by atoms with Gasteiger partial charge in [-0.25, -0.2) is 13.1 Å². The molecule has 126 valence electrons. The van der Waals surface area contributed by atoms with Gasteiger partial charge in [-0.05, 0) is 41.8 Å². The van der Waals surface area contributed by atoms with E-state index in [4.69, 9.17) is 10.5 Å². The van der Waals surface area contributed by atoms with E-state index in [1.165, 1.54) is 0 Å². The van der Waals surface area contributed by atoms with Crippen LogP contribution >= 0.6 is 12.4 Å². The molecule has 23 heavy (non-hydrogen) atoms. The number of hydrogen-bond acceptors (Lipinski definition) is 4. The number of nitrogen functional groups attached to an aromatic ring is 1. The zero-order valence-electron chi connectivity index (χ0n) is 12.9.